The van der Waals surface area contributed by atoms with Gasteiger partial charge in [0.25, 0.3) is 0 Å². The molecule has 6 heteroatoms. The maximum Gasteiger partial charge on any atom is 0.244 e. The lowest BCUT2D eigenvalue weighted by Gasteiger charge is -2.23. The molecule has 1 aromatic heterocycles. The van der Waals surface area contributed by atoms with Crippen molar-refractivity contribution in [2.75, 3.05) is 13.1 Å². The van der Waals surface area contributed by atoms with Gasteiger partial charge in [-0.2, -0.15) is 4.31 Å². The lowest BCUT2D eigenvalue weighted by atomic mass is 10.4. The third kappa shape index (κ3) is 3.62. The van der Waals surface area contributed by atoms with Crippen LogP contribution < -0.4 is 5.32 Å². The number of nitrogens with zero attached hydrogens (tertiary/aromatic N) is 2. The van der Waals surface area contributed by atoms with E-state index in [0.717, 1.165) is 18.8 Å². The summed E-state index contributed by atoms with van der Waals surface area (Å²) in [5.41, 5.74) is 1.01. The van der Waals surface area contributed by atoms with Crippen LogP contribution in [0.1, 0.15) is 40.3 Å². The molecule has 0 unspecified atom stereocenters. The Balaban J connectivity index is 3.15. The second-order valence-electron chi connectivity index (χ2n) is 5.04. The first kappa shape index (κ1) is 17.2. The van der Waals surface area contributed by atoms with Crippen molar-refractivity contribution in [2.24, 2.45) is 0 Å². The van der Waals surface area contributed by atoms with E-state index in [2.05, 4.69) is 5.32 Å². The fraction of sp³-hybridized carbons (Fsp3) is 0.714. The standard InChI is InChI=1S/C14H27N3O2S/c1-6-15-10-13-9-14(11-16(13)7-2)20(18,19)17(8-3)12(4)5/h9,11-12,15H,6-8,10H2,1-5H3. The van der Waals surface area contributed by atoms with Gasteiger partial charge < -0.3 is 9.88 Å². The molecular weight excluding hydrogens is 274 g/mol. The predicted octanol–water partition coefficient (Wildman–Crippen LogP) is 2.04. The molecule has 1 aromatic rings. The van der Waals surface area contributed by atoms with Gasteiger partial charge in [0, 0.05) is 37.6 Å². The maximum atomic E-state index is 12.7. The molecule has 0 atom stereocenters. The van der Waals surface area contributed by atoms with Crippen LogP contribution >= 0.6 is 0 Å². The monoisotopic (exact) mass is 301 g/mol. The minimum absolute atomic E-state index is 0.0350. The maximum absolute atomic E-state index is 12.7. The van der Waals surface area contributed by atoms with Crippen LogP contribution in [0.5, 0.6) is 0 Å². The summed E-state index contributed by atoms with van der Waals surface area (Å²) < 4.78 is 28.8. The van der Waals surface area contributed by atoms with Crippen LogP contribution in [0.25, 0.3) is 0 Å². The first-order valence-corrected chi connectivity index (χ1v) is 8.74. The lowest BCUT2D eigenvalue weighted by molar-refractivity contribution is 0.369. The van der Waals surface area contributed by atoms with E-state index in [1.807, 2.05) is 39.2 Å². The van der Waals surface area contributed by atoms with Gasteiger partial charge in [0.1, 0.15) is 4.90 Å². The predicted molar refractivity (Wildman–Crippen MR) is 82.2 cm³/mol. The van der Waals surface area contributed by atoms with E-state index in [1.54, 1.807) is 12.3 Å². The average Bonchev–Trinajstić information content (AvgIpc) is 2.80. The fourth-order valence-electron chi connectivity index (χ4n) is 2.31. The van der Waals surface area contributed by atoms with Crippen molar-refractivity contribution in [3.8, 4) is 0 Å². The van der Waals surface area contributed by atoms with Crippen LogP contribution in [-0.2, 0) is 23.1 Å². The first-order chi connectivity index (χ1) is 9.38. The molecule has 0 aromatic carbocycles. The van der Waals surface area contributed by atoms with E-state index in [0.29, 0.717) is 18.0 Å². The first-order valence-electron chi connectivity index (χ1n) is 7.30. The third-order valence-corrected chi connectivity index (χ3v) is 5.47. The molecule has 0 aliphatic heterocycles. The van der Waals surface area contributed by atoms with E-state index < -0.39 is 10.0 Å². The summed E-state index contributed by atoms with van der Waals surface area (Å²) in [4.78, 5) is 0.391. The molecule has 0 radical (unpaired) electrons. The molecule has 0 bridgehead atoms. The van der Waals surface area contributed by atoms with Crippen molar-refractivity contribution >= 4 is 10.0 Å². The second kappa shape index (κ2) is 7.24. The number of nitrogens with one attached hydrogen (secondary N) is 1. The number of sulfonamides is 1. The minimum Gasteiger partial charge on any atom is -0.349 e. The van der Waals surface area contributed by atoms with Gasteiger partial charge in [-0.3, -0.25) is 0 Å². The summed E-state index contributed by atoms with van der Waals surface area (Å²) in [6.07, 6.45) is 1.74. The van der Waals surface area contributed by atoms with Gasteiger partial charge in [0.15, 0.2) is 0 Å². The third-order valence-electron chi connectivity index (χ3n) is 3.35. The van der Waals surface area contributed by atoms with Crippen LogP contribution in [0.4, 0.5) is 0 Å². The molecular formula is C14H27N3O2S. The van der Waals surface area contributed by atoms with Gasteiger partial charge in [-0.25, -0.2) is 8.42 Å². The number of rotatable bonds is 8. The number of aromatic nitrogens is 1. The highest BCUT2D eigenvalue weighted by atomic mass is 32.2. The van der Waals surface area contributed by atoms with Gasteiger partial charge in [-0.15, -0.1) is 0 Å². The van der Waals surface area contributed by atoms with Crippen LogP contribution in [0.15, 0.2) is 17.2 Å². The van der Waals surface area contributed by atoms with E-state index in [-0.39, 0.29) is 6.04 Å². The van der Waals surface area contributed by atoms with E-state index in [1.165, 1.54) is 4.31 Å². The average molecular weight is 301 g/mol. The summed E-state index contributed by atoms with van der Waals surface area (Å²) in [5.74, 6) is 0. The molecule has 0 aliphatic carbocycles. The molecule has 0 saturated carbocycles. The Morgan fingerprint density at radius 3 is 2.40 bits per heavy atom. The van der Waals surface area contributed by atoms with Crippen molar-refractivity contribution in [3.63, 3.8) is 0 Å². The van der Waals surface area contributed by atoms with Gasteiger partial charge in [0.05, 0.1) is 0 Å². The van der Waals surface area contributed by atoms with Gasteiger partial charge in [0.2, 0.25) is 10.0 Å². The van der Waals surface area contributed by atoms with Gasteiger partial charge in [-0.1, -0.05) is 13.8 Å². The zero-order valence-electron chi connectivity index (χ0n) is 13.2. The Bertz CT molecular complexity index is 521. The van der Waals surface area contributed by atoms with Crippen LogP contribution in [0.2, 0.25) is 0 Å². The topological polar surface area (TPSA) is 54.3 Å². The van der Waals surface area contributed by atoms with E-state index in [4.69, 9.17) is 0 Å². The molecule has 20 heavy (non-hydrogen) atoms. The van der Waals surface area contributed by atoms with Crippen LogP contribution in [0.3, 0.4) is 0 Å². The van der Waals surface area contributed by atoms with E-state index in [9.17, 15) is 8.42 Å². The number of hydrogen-bond donors (Lipinski definition) is 1. The number of aryl methyl sites for hydroxylation is 1. The fourth-order valence-corrected chi connectivity index (χ4v) is 4.02. The van der Waals surface area contributed by atoms with Crippen molar-refractivity contribution in [1.29, 1.82) is 0 Å². The minimum atomic E-state index is -3.40. The summed E-state index contributed by atoms with van der Waals surface area (Å²) in [5, 5.41) is 3.24. The Kier molecular flexibility index (Phi) is 6.23. The largest absolute Gasteiger partial charge is 0.349 e. The van der Waals surface area contributed by atoms with Gasteiger partial charge >= 0.3 is 0 Å². The molecule has 1 heterocycles. The molecule has 0 spiro atoms. The zero-order valence-corrected chi connectivity index (χ0v) is 14.0. The lowest BCUT2D eigenvalue weighted by Crippen LogP contribution is -2.36. The van der Waals surface area contributed by atoms with Gasteiger partial charge in [-0.05, 0) is 33.4 Å². The molecule has 116 valence electrons. The van der Waals surface area contributed by atoms with Crippen molar-refractivity contribution < 1.29 is 8.42 Å². The quantitative estimate of drug-likeness (QED) is 0.799. The Morgan fingerprint density at radius 1 is 1.30 bits per heavy atom. The molecule has 0 aliphatic rings. The van der Waals surface area contributed by atoms with Crippen molar-refractivity contribution in [3.05, 3.63) is 18.0 Å². The highest BCUT2D eigenvalue weighted by Crippen LogP contribution is 2.21. The van der Waals surface area contributed by atoms with Crippen molar-refractivity contribution in [1.82, 2.24) is 14.2 Å². The summed E-state index contributed by atoms with van der Waals surface area (Å²) in [6, 6.07) is 1.75. The highest BCUT2D eigenvalue weighted by Gasteiger charge is 2.27. The van der Waals surface area contributed by atoms with Crippen LogP contribution in [-0.4, -0.2) is 36.4 Å². The van der Waals surface area contributed by atoms with Crippen LogP contribution in [0, 0.1) is 0 Å². The normalized spacial score (nSPS) is 12.6. The molecule has 1 N–H and O–H groups in total. The summed E-state index contributed by atoms with van der Waals surface area (Å²) >= 11 is 0. The summed E-state index contributed by atoms with van der Waals surface area (Å²) in [7, 11) is -3.40. The smallest absolute Gasteiger partial charge is 0.244 e. The van der Waals surface area contributed by atoms with E-state index >= 15 is 0 Å². The Morgan fingerprint density at radius 2 is 1.95 bits per heavy atom. The second-order valence-corrected chi connectivity index (χ2v) is 6.93. The zero-order chi connectivity index (χ0) is 15.3. The molecule has 0 amide bonds. The Hall–Kier alpha value is -0.850. The molecule has 5 nitrogen and oxygen atoms in total. The Labute approximate surface area is 123 Å². The molecule has 0 fully saturated rings. The summed E-state index contributed by atoms with van der Waals surface area (Å²) in [6.45, 7) is 12.5. The highest BCUT2D eigenvalue weighted by molar-refractivity contribution is 7.89. The molecule has 1 rings (SSSR count). The SMILES string of the molecule is CCNCc1cc(S(=O)(=O)N(CC)C(C)C)cn1CC. The number of hydrogen-bond acceptors (Lipinski definition) is 3. The molecule has 0 saturated heterocycles. The van der Waals surface area contributed by atoms with Crippen molar-refractivity contribution in [2.45, 2.75) is 58.6 Å².